The average molecular weight is 358 g/mol. The number of aromatic nitrogens is 2. The van der Waals surface area contributed by atoms with E-state index in [0.717, 1.165) is 41.3 Å². The van der Waals surface area contributed by atoms with Crippen LogP contribution in [0.1, 0.15) is 26.7 Å². The molecule has 1 aliphatic heterocycles. The predicted molar refractivity (Wildman–Crippen MR) is 91.5 cm³/mol. The van der Waals surface area contributed by atoms with Crippen molar-refractivity contribution in [1.82, 2.24) is 18.8 Å². The van der Waals surface area contributed by atoms with Crippen LogP contribution >= 0.6 is 0 Å². The second kappa shape index (κ2) is 7.20. The summed E-state index contributed by atoms with van der Waals surface area (Å²) in [7, 11) is -1.29. The zero-order valence-electron chi connectivity index (χ0n) is 14.7. The van der Waals surface area contributed by atoms with Crippen molar-refractivity contribution in [3.8, 4) is 0 Å². The fraction of sp³-hybridized carbons (Fsp3) is 0.733. The standard InChI is InChI=1S/C15H26N4O4S/c1-11-5-7-19(8-6-11)12(2)9-16-24(22,23)13-10-17(3)15(21)18(4)14(13)20/h10-12,16H,5-9H2,1-4H3. The molecule has 0 saturated carbocycles. The molecule has 1 unspecified atom stereocenters. The number of rotatable bonds is 5. The van der Waals surface area contributed by atoms with Crippen molar-refractivity contribution in [1.29, 1.82) is 0 Å². The van der Waals surface area contributed by atoms with Crippen LogP contribution in [0.2, 0.25) is 0 Å². The molecule has 0 spiro atoms. The van der Waals surface area contributed by atoms with E-state index in [-0.39, 0.29) is 12.6 Å². The largest absolute Gasteiger partial charge is 0.330 e. The van der Waals surface area contributed by atoms with Crippen LogP contribution in [0.4, 0.5) is 0 Å². The van der Waals surface area contributed by atoms with Crippen molar-refractivity contribution in [2.45, 2.75) is 37.6 Å². The van der Waals surface area contributed by atoms with Gasteiger partial charge >= 0.3 is 5.69 Å². The van der Waals surface area contributed by atoms with Crippen molar-refractivity contribution in [2.24, 2.45) is 20.0 Å². The SMILES string of the molecule is CC1CCN(C(C)CNS(=O)(=O)c2cn(C)c(=O)n(C)c2=O)CC1. The maximum absolute atomic E-state index is 12.4. The van der Waals surface area contributed by atoms with E-state index >= 15 is 0 Å². The summed E-state index contributed by atoms with van der Waals surface area (Å²) in [6, 6.07) is 0.0451. The third-order valence-corrected chi connectivity index (χ3v) is 6.12. The summed E-state index contributed by atoms with van der Waals surface area (Å²) in [6.07, 6.45) is 3.29. The smallest absolute Gasteiger partial charge is 0.302 e. The highest BCUT2D eigenvalue weighted by atomic mass is 32.2. The molecule has 1 aliphatic rings. The topological polar surface area (TPSA) is 93.4 Å². The highest BCUT2D eigenvalue weighted by molar-refractivity contribution is 7.89. The maximum atomic E-state index is 12.4. The number of nitrogens with one attached hydrogen (secondary N) is 1. The minimum Gasteiger partial charge on any atom is -0.302 e. The number of aryl methyl sites for hydroxylation is 1. The first-order valence-corrected chi connectivity index (χ1v) is 9.62. The lowest BCUT2D eigenvalue weighted by Gasteiger charge is -2.34. The van der Waals surface area contributed by atoms with Crippen LogP contribution in [0.15, 0.2) is 20.7 Å². The lowest BCUT2D eigenvalue weighted by atomic mass is 9.98. The van der Waals surface area contributed by atoms with Crippen molar-refractivity contribution >= 4 is 10.0 Å². The lowest BCUT2D eigenvalue weighted by Crippen LogP contribution is -2.47. The molecular weight excluding hydrogens is 332 g/mol. The molecule has 8 nitrogen and oxygen atoms in total. The highest BCUT2D eigenvalue weighted by Crippen LogP contribution is 2.17. The molecule has 2 rings (SSSR count). The van der Waals surface area contributed by atoms with Crippen LogP contribution in [0, 0.1) is 5.92 Å². The highest BCUT2D eigenvalue weighted by Gasteiger charge is 2.25. The van der Waals surface area contributed by atoms with E-state index in [4.69, 9.17) is 0 Å². The van der Waals surface area contributed by atoms with E-state index in [1.54, 1.807) is 0 Å². The first kappa shape index (κ1) is 18.9. The van der Waals surface area contributed by atoms with Crippen molar-refractivity contribution in [3.63, 3.8) is 0 Å². The second-order valence-corrected chi connectivity index (χ2v) is 8.41. The van der Waals surface area contributed by atoms with Crippen LogP contribution in [-0.2, 0) is 24.1 Å². The Bertz CT molecular complexity index is 804. The molecule has 1 saturated heterocycles. The molecule has 1 aromatic rings. The van der Waals surface area contributed by atoms with Gasteiger partial charge in [0.1, 0.15) is 0 Å². The first-order valence-electron chi connectivity index (χ1n) is 8.14. The van der Waals surface area contributed by atoms with Gasteiger partial charge in [-0.1, -0.05) is 6.92 Å². The zero-order chi connectivity index (χ0) is 18.1. The quantitative estimate of drug-likeness (QED) is 0.765. The molecule has 0 aromatic carbocycles. The van der Waals surface area contributed by atoms with Crippen LogP contribution in [0.25, 0.3) is 0 Å². The molecule has 1 aromatic heterocycles. The number of piperidine rings is 1. The monoisotopic (exact) mass is 358 g/mol. The Kier molecular flexibility index (Phi) is 5.67. The molecule has 2 heterocycles. The summed E-state index contributed by atoms with van der Waals surface area (Å²) in [5.74, 6) is 0.707. The maximum Gasteiger partial charge on any atom is 0.330 e. The van der Waals surface area contributed by atoms with Gasteiger partial charge in [0.2, 0.25) is 10.0 Å². The minimum atomic E-state index is -3.97. The number of sulfonamides is 1. The Morgan fingerprint density at radius 1 is 1.25 bits per heavy atom. The minimum absolute atomic E-state index is 0.0451. The lowest BCUT2D eigenvalue weighted by molar-refractivity contribution is 0.148. The molecule has 1 fully saturated rings. The van der Waals surface area contributed by atoms with Gasteiger partial charge in [-0.3, -0.25) is 14.3 Å². The first-order chi connectivity index (χ1) is 11.1. The third kappa shape index (κ3) is 3.96. The Balaban J connectivity index is 2.12. The molecule has 24 heavy (non-hydrogen) atoms. The summed E-state index contributed by atoms with van der Waals surface area (Å²) in [6.45, 7) is 6.32. The van der Waals surface area contributed by atoms with Gasteiger partial charge in [-0.25, -0.2) is 17.9 Å². The van der Waals surface area contributed by atoms with Crippen LogP contribution < -0.4 is 16.0 Å². The van der Waals surface area contributed by atoms with Crippen LogP contribution in [-0.4, -0.2) is 48.1 Å². The Labute approximate surface area is 142 Å². The molecule has 9 heteroatoms. The molecular formula is C15H26N4O4S. The summed E-state index contributed by atoms with van der Waals surface area (Å²) >= 11 is 0. The molecule has 0 radical (unpaired) electrons. The second-order valence-electron chi connectivity index (χ2n) is 6.67. The number of hydrogen-bond acceptors (Lipinski definition) is 5. The fourth-order valence-electron chi connectivity index (χ4n) is 2.87. The zero-order valence-corrected chi connectivity index (χ0v) is 15.5. The Morgan fingerprint density at radius 2 is 1.83 bits per heavy atom. The summed E-state index contributed by atoms with van der Waals surface area (Å²) in [5.41, 5.74) is -1.38. The van der Waals surface area contributed by atoms with Gasteiger partial charge in [0.15, 0.2) is 4.90 Å². The van der Waals surface area contributed by atoms with Gasteiger partial charge in [0.05, 0.1) is 0 Å². The van der Waals surface area contributed by atoms with Gasteiger partial charge in [0.25, 0.3) is 5.56 Å². The van der Waals surface area contributed by atoms with E-state index in [2.05, 4.69) is 16.5 Å². The number of likely N-dealkylation sites (tertiary alicyclic amines) is 1. The van der Waals surface area contributed by atoms with E-state index in [0.29, 0.717) is 5.92 Å². The summed E-state index contributed by atoms with van der Waals surface area (Å²) < 4.78 is 29.3. The molecule has 0 bridgehead atoms. The van der Waals surface area contributed by atoms with E-state index in [9.17, 15) is 18.0 Å². The Hall–Kier alpha value is -1.45. The van der Waals surface area contributed by atoms with E-state index < -0.39 is 26.2 Å². The predicted octanol–water partition coefficient (Wildman–Crippen LogP) is -0.517. The van der Waals surface area contributed by atoms with Gasteiger partial charge in [0, 0.05) is 32.9 Å². The molecule has 136 valence electrons. The molecule has 0 amide bonds. The normalized spacial score (nSPS) is 18.7. The van der Waals surface area contributed by atoms with E-state index in [1.165, 1.54) is 14.1 Å². The van der Waals surface area contributed by atoms with Crippen molar-refractivity contribution < 1.29 is 8.42 Å². The van der Waals surface area contributed by atoms with Crippen molar-refractivity contribution in [3.05, 3.63) is 27.0 Å². The van der Waals surface area contributed by atoms with Crippen molar-refractivity contribution in [2.75, 3.05) is 19.6 Å². The summed E-state index contributed by atoms with van der Waals surface area (Å²) in [4.78, 5) is 25.6. The molecule has 0 aliphatic carbocycles. The van der Waals surface area contributed by atoms with Gasteiger partial charge in [-0.05, 0) is 38.8 Å². The summed E-state index contributed by atoms with van der Waals surface area (Å²) in [5, 5.41) is 0. The number of nitrogens with zero attached hydrogens (tertiary/aromatic N) is 3. The van der Waals surface area contributed by atoms with Crippen LogP contribution in [0.5, 0.6) is 0 Å². The molecule has 1 N–H and O–H groups in total. The van der Waals surface area contributed by atoms with Gasteiger partial charge in [-0.2, -0.15) is 0 Å². The third-order valence-electron chi connectivity index (χ3n) is 4.71. The fourth-order valence-corrected chi connectivity index (χ4v) is 4.15. The number of hydrogen-bond donors (Lipinski definition) is 1. The Morgan fingerprint density at radius 3 is 2.42 bits per heavy atom. The van der Waals surface area contributed by atoms with Gasteiger partial charge < -0.3 is 4.57 Å². The van der Waals surface area contributed by atoms with E-state index in [1.807, 2.05) is 6.92 Å². The molecule has 1 atom stereocenters. The average Bonchev–Trinajstić information content (AvgIpc) is 2.54. The van der Waals surface area contributed by atoms with Gasteiger partial charge in [-0.15, -0.1) is 0 Å². The van der Waals surface area contributed by atoms with Crippen LogP contribution in [0.3, 0.4) is 0 Å².